The van der Waals surface area contributed by atoms with Gasteiger partial charge < -0.3 is 15.5 Å². The molecule has 206 valence electrons. The summed E-state index contributed by atoms with van der Waals surface area (Å²) in [6, 6.07) is 11.4. The van der Waals surface area contributed by atoms with E-state index in [0.29, 0.717) is 11.1 Å². The van der Waals surface area contributed by atoms with E-state index < -0.39 is 26.2 Å². The van der Waals surface area contributed by atoms with Crippen LogP contribution in [0.2, 0.25) is 0 Å². The van der Waals surface area contributed by atoms with Gasteiger partial charge in [-0.15, -0.1) is 11.3 Å². The zero-order chi connectivity index (χ0) is 27.9. The lowest BCUT2D eigenvalue weighted by Gasteiger charge is -2.30. The summed E-state index contributed by atoms with van der Waals surface area (Å²) in [6.07, 6.45) is 2.87. The molecule has 0 radical (unpaired) electrons. The molecule has 2 N–H and O–H groups in total. The van der Waals surface area contributed by atoms with Crippen LogP contribution in [0.3, 0.4) is 0 Å². The van der Waals surface area contributed by atoms with E-state index in [4.69, 9.17) is 0 Å². The number of rotatable bonds is 9. The number of thiazole rings is 1. The quantitative estimate of drug-likeness (QED) is 0.408. The maximum Gasteiger partial charge on any atom is 0.253 e. The zero-order valence-electron chi connectivity index (χ0n) is 22.2. The molecule has 2 heterocycles. The molecule has 0 bridgehead atoms. The van der Waals surface area contributed by atoms with Gasteiger partial charge in [0.05, 0.1) is 22.0 Å². The van der Waals surface area contributed by atoms with Crippen molar-refractivity contribution < 1.29 is 22.8 Å². The number of fused-ring (bicyclic) bond motifs is 1. The van der Waals surface area contributed by atoms with E-state index in [2.05, 4.69) is 15.6 Å². The fraction of sp³-hybridized carbons (Fsp3) is 0.429. The molecular formula is C28H32N4O5S2. The van der Waals surface area contributed by atoms with Gasteiger partial charge in [0, 0.05) is 24.7 Å². The molecule has 3 aromatic rings. The van der Waals surface area contributed by atoms with Gasteiger partial charge in [-0.1, -0.05) is 12.1 Å². The van der Waals surface area contributed by atoms with Crippen molar-refractivity contribution in [1.29, 1.82) is 0 Å². The molecule has 1 aliphatic heterocycles. The van der Waals surface area contributed by atoms with Crippen molar-refractivity contribution in [3.05, 3.63) is 52.5 Å². The van der Waals surface area contributed by atoms with Gasteiger partial charge in [0.25, 0.3) is 5.91 Å². The molecule has 1 aromatic heterocycles. The lowest BCUT2D eigenvalue weighted by atomic mass is 9.98. The fourth-order valence-electron chi connectivity index (χ4n) is 4.45. The Hall–Kier alpha value is -3.31. The Morgan fingerprint density at radius 2 is 1.79 bits per heavy atom. The largest absolute Gasteiger partial charge is 0.352 e. The summed E-state index contributed by atoms with van der Waals surface area (Å²) in [5.74, 6) is -1.06. The molecule has 11 heteroatoms. The summed E-state index contributed by atoms with van der Waals surface area (Å²) < 4.78 is 27.3. The van der Waals surface area contributed by atoms with Crippen molar-refractivity contribution in [2.75, 3.05) is 19.6 Å². The van der Waals surface area contributed by atoms with Gasteiger partial charge in [-0.2, -0.15) is 0 Å². The van der Waals surface area contributed by atoms with Crippen LogP contribution in [0.15, 0.2) is 36.4 Å². The molecule has 1 unspecified atom stereocenters. The molecule has 1 saturated carbocycles. The Balaban J connectivity index is 1.42. The van der Waals surface area contributed by atoms with Gasteiger partial charge in [-0.3, -0.25) is 14.4 Å². The van der Waals surface area contributed by atoms with Crippen LogP contribution in [0.4, 0.5) is 0 Å². The SMILES string of the molecule is Cc1cc2nc(C(C(=O)NCC(=O)NC3CC3)S(=O)(=O)C(C)C)sc2cc1-c1ccc(C(=O)N2CCC2)cc1. The second-order valence-electron chi connectivity index (χ2n) is 10.5. The molecule has 0 spiro atoms. The van der Waals surface area contributed by atoms with Crippen molar-refractivity contribution >= 4 is 49.1 Å². The Kier molecular flexibility index (Phi) is 7.47. The van der Waals surface area contributed by atoms with Gasteiger partial charge in [0.2, 0.25) is 11.8 Å². The highest BCUT2D eigenvalue weighted by molar-refractivity contribution is 7.93. The second-order valence-corrected chi connectivity index (χ2v) is 14.1. The molecule has 2 aromatic carbocycles. The van der Waals surface area contributed by atoms with E-state index in [1.165, 1.54) is 13.8 Å². The summed E-state index contributed by atoms with van der Waals surface area (Å²) in [4.78, 5) is 44.2. The Labute approximate surface area is 231 Å². The first-order chi connectivity index (χ1) is 18.5. The van der Waals surface area contributed by atoms with Crippen molar-refractivity contribution in [2.45, 2.75) is 56.6 Å². The van der Waals surface area contributed by atoms with E-state index >= 15 is 0 Å². The fourth-order valence-corrected chi connectivity index (χ4v) is 7.23. The number of likely N-dealkylation sites (tertiary alicyclic amines) is 1. The third kappa shape index (κ3) is 5.69. The number of nitrogens with one attached hydrogen (secondary N) is 2. The van der Waals surface area contributed by atoms with E-state index in [0.717, 1.165) is 65.1 Å². The number of nitrogens with zero attached hydrogens (tertiary/aromatic N) is 2. The number of hydrogen-bond acceptors (Lipinski definition) is 7. The minimum absolute atomic E-state index is 0.0350. The van der Waals surface area contributed by atoms with E-state index in [9.17, 15) is 22.8 Å². The van der Waals surface area contributed by atoms with Crippen LogP contribution in [-0.4, -0.2) is 66.9 Å². The molecule has 3 amide bonds. The van der Waals surface area contributed by atoms with Crippen LogP contribution in [0.25, 0.3) is 21.3 Å². The van der Waals surface area contributed by atoms with Crippen LogP contribution in [0.5, 0.6) is 0 Å². The lowest BCUT2D eigenvalue weighted by molar-refractivity contribution is -0.126. The maximum atomic E-state index is 13.3. The van der Waals surface area contributed by atoms with Crippen LogP contribution < -0.4 is 10.6 Å². The topological polar surface area (TPSA) is 126 Å². The molecule has 39 heavy (non-hydrogen) atoms. The van der Waals surface area contributed by atoms with Crippen molar-refractivity contribution in [2.24, 2.45) is 0 Å². The monoisotopic (exact) mass is 568 g/mol. The van der Waals surface area contributed by atoms with Crippen LogP contribution in [0, 0.1) is 6.92 Å². The number of sulfone groups is 1. The van der Waals surface area contributed by atoms with Gasteiger partial charge in [0.15, 0.2) is 15.1 Å². The predicted molar refractivity (Wildman–Crippen MR) is 151 cm³/mol. The first-order valence-corrected chi connectivity index (χ1v) is 15.6. The first-order valence-electron chi connectivity index (χ1n) is 13.1. The number of aromatic nitrogens is 1. The molecule has 1 atom stereocenters. The third-order valence-electron chi connectivity index (χ3n) is 7.15. The van der Waals surface area contributed by atoms with Crippen LogP contribution >= 0.6 is 11.3 Å². The van der Waals surface area contributed by atoms with Crippen LogP contribution in [-0.2, 0) is 19.4 Å². The minimum atomic E-state index is -3.92. The minimum Gasteiger partial charge on any atom is -0.352 e. The van der Waals surface area contributed by atoms with Crippen LogP contribution in [0.1, 0.15) is 59.3 Å². The van der Waals surface area contributed by atoms with E-state index in [1.807, 2.05) is 48.2 Å². The molecule has 2 aliphatic rings. The Bertz CT molecular complexity index is 1540. The highest BCUT2D eigenvalue weighted by Gasteiger charge is 2.39. The van der Waals surface area contributed by atoms with E-state index in [-0.39, 0.29) is 29.4 Å². The van der Waals surface area contributed by atoms with Gasteiger partial charge in [-0.25, -0.2) is 13.4 Å². The first kappa shape index (κ1) is 27.3. The summed E-state index contributed by atoms with van der Waals surface area (Å²) >= 11 is 1.16. The van der Waals surface area contributed by atoms with Crippen molar-refractivity contribution in [3.63, 3.8) is 0 Å². The number of carbonyl (C=O) groups is 3. The third-order valence-corrected chi connectivity index (χ3v) is 10.8. The molecule has 2 fully saturated rings. The lowest BCUT2D eigenvalue weighted by Crippen LogP contribution is -2.42. The molecule has 1 saturated heterocycles. The average Bonchev–Trinajstić information content (AvgIpc) is 3.58. The summed E-state index contributed by atoms with van der Waals surface area (Å²) in [6.45, 7) is 6.31. The highest BCUT2D eigenvalue weighted by atomic mass is 32.2. The summed E-state index contributed by atoms with van der Waals surface area (Å²) in [5.41, 5.74) is 4.05. The zero-order valence-corrected chi connectivity index (χ0v) is 23.8. The number of amides is 3. The molecule has 9 nitrogen and oxygen atoms in total. The molecular weight excluding hydrogens is 536 g/mol. The molecule has 5 rings (SSSR count). The van der Waals surface area contributed by atoms with Gasteiger partial charge >= 0.3 is 0 Å². The number of aryl methyl sites for hydroxylation is 1. The van der Waals surface area contributed by atoms with E-state index in [1.54, 1.807) is 0 Å². The Morgan fingerprint density at radius 3 is 2.38 bits per heavy atom. The Morgan fingerprint density at radius 1 is 1.10 bits per heavy atom. The maximum absolute atomic E-state index is 13.3. The van der Waals surface area contributed by atoms with Gasteiger partial charge in [0.1, 0.15) is 5.01 Å². The van der Waals surface area contributed by atoms with Crippen molar-refractivity contribution in [1.82, 2.24) is 20.5 Å². The predicted octanol–water partition coefficient (Wildman–Crippen LogP) is 3.38. The number of carbonyl (C=O) groups excluding carboxylic acids is 3. The van der Waals surface area contributed by atoms with Gasteiger partial charge in [-0.05, 0) is 81.0 Å². The summed E-state index contributed by atoms with van der Waals surface area (Å²) in [7, 11) is -3.92. The van der Waals surface area contributed by atoms with Crippen molar-refractivity contribution in [3.8, 4) is 11.1 Å². The second kappa shape index (κ2) is 10.7. The highest BCUT2D eigenvalue weighted by Crippen LogP contribution is 2.36. The standard InChI is InChI=1S/C28H32N4O5S2/c1-16(2)39(36,37)25(26(34)29-15-24(33)30-20-9-10-20)27-31-22-13-17(3)21(14-23(22)38-27)18-5-7-19(8-6-18)28(35)32-11-4-12-32/h5-8,13-14,16,20,25H,4,9-12,15H2,1-3H3,(H,29,34)(H,30,33). The molecule has 1 aliphatic carbocycles. The number of benzene rings is 2. The normalized spacial score (nSPS) is 16.2. The summed E-state index contributed by atoms with van der Waals surface area (Å²) in [5, 5.41) is 3.13. The number of hydrogen-bond donors (Lipinski definition) is 2. The average molecular weight is 569 g/mol. The smallest absolute Gasteiger partial charge is 0.253 e.